The molecule has 0 fully saturated rings. The average molecular weight is 318 g/mol. The SMILES string of the molecule is COc1cccc(-c2noc(COc3ccc(F)cc3F)n2)c1. The number of rotatable bonds is 5. The number of benzene rings is 2. The van der Waals surface area contributed by atoms with Crippen molar-refractivity contribution in [1.82, 2.24) is 10.1 Å². The first-order valence-electron chi connectivity index (χ1n) is 6.70. The topological polar surface area (TPSA) is 57.4 Å². The summed E-state index contributed by atoms with van der Waals surface area (Å²) < 4.78 is 41.7. The van der Waals surface area contributed by atoms with Crippen molar-refractivity contribution >= 4 is 0 Å². The molecule has 0 atom stereocenters. The zero-order chi connectivity index (χ0) is 16.2. The van der Waals surface area contributed by atoms with E-state index in [0.717, 1.165) is 12.1 Å². The van der Waals surface area contributed by atoms with Gasteiger partial charge < -0.3 is 14.0 Å². The van der Waals surface area contributed by atoms with Gasteiger partial charge in [0.05, 0.1) is 7.11 Å². The van der Waals surface area contributed by atoms with Crippen LogP contribution in [0.2, 0.25) is 0 Å². The van der Waals surface area contributed by atoms with Crippen molar-refractivity contribution in [3.8, 4) is 22.9 Å². The Balaban J connectivity index is 1.72. The fourth-order valence-corrected chi connectivity index (χ4v) is 1.92. The Morgan fingerprint density at radius 3 is 2.78 bits per heavy atom. The normalized spacial score (nSPS) is 10.6. The molecule has 0 amide bonds. The molecular formula is C16H12F2N2O3. The van der Waals surface area contributed by atoms with Crippen LogP contribution < -0.4 is 9.47 Å². The molecule has 0 spiro atoms. The maximum Gasteiger partial charge on any atom is 0.264 e. The highest BCUT2D eigenvalue weighted by molar-refractivity contribution is 5.56. The summed E-state index contributed by atoms with van der Waals surface area (Å²) in [6, 6.07) is 10.2. The van der Waals surface area contributed by atoms with Crippen molar-refractivity contribution in [2.24, 2.45) is 0 Å². The van der Waals surface area contributed by atoms with Crippen molar-refractivity contribution < 1.29 is 22.8 Å². The van der Waals surface area contributed by atoms with Crippen LogP contribution in [-0.2, 0) is 6.61 Å². The Bertz CT molecular complexity index is 821. The molecule has 7 heteroatoms. The third kappa shape index (κ3) is 3.45. The number of halogens is 2. The molecule has 0 aliphatic heterocycles. The molecule has 3 aromatic rings. The molecule has 3 rings (SSSR count). The largest absolute Gasteiger partial charge is 0.497 e. The van der Waals surface area contributed by atoms with Crippen LogP contribution in [0.4, 0.5) is 8.78 Å². The molecule has 0 aliphatic carbocycles. The lowest BCUT2D eigenvalue weighted by atomic mass is 10.2. The molecular weight excluding hydrogens is 306 g/mol. The summed E-state index contributed by atoms with van der Waals surface area (Å²) in [7, 11) is 1.56. The highest BCUT2D eigenvalue weighted by Gasteiger charge is 2.11. The summed E-state index contributed by atoms with van der Waals surface area (Å²) in [5, 5.41) is 3.84. The third-order valence-electron chi connectivity index (χ3n) is 3.04. The molecule has 0 aliphatic rings. The van der Waals surface area contributed by atoms with Gasteiger partial charge in [-0.3, -0.25) is 0 Å². The molecule has 1 aromatic heterocycles. The second-order valence-corrected chi connectivity index (χ2v) is 4.61. The molecule has 0 N–H and O–H groups in total. The first-order chi connectivity index (χ1) is 11.2. The van der Waals surface area contributed by atoms with Crippen LogP contribution in [-0.4, -0.2) is 17.3 Å². The Morgan fingerprint density at radius 1 is 1.13 bits per heavy atom. The van der Waals surface area contributed by atoms with Crippen LogP contribution >= 0.6 is 0 Å². The maximum atomic E-state index is 13.5. The predicted octanol–water partition coefficient (Wildman–Crippen LogP) is 3.60. The van der Waals surface area contributed by atoms with Gasteiger partial charge >= 0.3 is 0 Å². The van der Waals surface area contributed by atoms with E-state index < -0.39 is 11.6 Å². The molecule has 0 bridgehead atoms. The van der Waals surface area contributed by atoms with Crippen LogP contribution in [0.25, 0.3) is 11.4 Å². The predicted molar refractivity (Wildman–Crippen MR) is 77.0 cm³/mol. The van der Waals surface area contributed by atoms with E-state index in [1.807, 2.05) is 0 Å². The zero-order valence-corrected chi connectivity index (χ0v) is 12.1. The van der Waals surface area contributed by atoms with Gasteiger partial charge in [0.25, 0.3) is 5.89 Å². The van der Waals surface area contributed by atoms with E-state index >= 15 is 0 Å². The van der Waals surface area contributed by atoms with Gasteiger partial charge in [-0.2, -0.15) is 4.98 Å². The fourth-order valence-electron chi connectivity index (χ4n) is 1.92. The first kappa shape index (κ1) is 15.0. The lowest BCUT2D eigenvalue weighted by Crippen LogP contribution is -1.98. The van der Waals surface area contributed by atoms with Gasteiger partial charge in [0.15, 0.2) is 18.2 Å². The zero-order valence-electron chi connectivity index (χ0n) is 12.1. The second-order valence-electron chi connectivity index (χ2n) is 4.61. The van der Waals surface area contributed by atoms with Gasteiger partial charge in [-0.1, -0.05) is 17.3 Å². The highest BCUT2D eigenvalue weighted by atomic mass is 19.1. The van der Waals surface area contributed by atoms with Crippen LogP contribution in [0.5, 0.6) is 11.5 Å². The highest BCUT2D eigenvalue weighted by Crippen LogP contribution is 2.22. The van der Waals surface area contributed by atoms with Crippen LogP contribution in [0.1, 0.15) is 5.89 Å². The Hall–Kier alpha value is -2.96. The fraction of sp³-hybridized carbons (Fsp3) is 0.125. The van der Waals surface area contributed by atoms with E-state index in [0.29, 0.717) is 17.1 Å². The van der Waals surface area contributed by atoms with E-state index in [-0.39, 0.29) is 18.2 Å². The number of aromatic nitrogens is 2. The number of hydrogen-bond acceptors (Lipinski definition) is 5. The molecule has 0 saturated carbocycles. The lowest BCUT2D eigenvalue weighted by molar-refractivity contribution is 0.234. The van der Waals surface area contributed by atoms with E-state index in [1.165, 1.54) is 6.07 Å². The second kappa shape index (κ2) is 6.43. The maximum absolute atomic E-state index is 13.5. The van der Waals surface area contributed by atoms with Gasteiger partial charge in [-0.25, -0.2) is 8.78 Å². The van der Waals surface area contributed by atoms with Gasteiger partial charge in [0.1, 0.15) is 11.6 Å². The molecule has 23 heavy (non-hydrogen) atoms. The molecule has 2 aromatic carbocycles. The minimum atomic E-state index is -0.794. The van der Waals surface area contributed by atoms with Crippen LogP contribution in [0, 0.1) is 11.6 Å². The summed E-state index contributed by atoms with van der Waals surface area (Å²) >= 11 is 0. The van der Waals surface area contributed by atoms with Crippen molar-refractivity contribution in [3.63, 3.8) is 0 Å². The number of ether oxygens (including phenoxy) is 2. The summed E-state index contributed by atoms with van der Waals surface area (Å²) in [4.78, 5) is 4.16. The monoisotopic (exact) mass is 318 g/mol. The minimum absolute atomic E-state index is 0.0902. The van der Waals surface area contributed by atoms with Gasteiger partial charge in [0.2, 0.25) is 5.82 Å². The Labute approximate surface area is 130 Å². The van der Waals surface area contributed by atoms with Crippen LogP contribution in [0.3, 0.4) is 0 Å². The molecule has 0 radical (unpaired) electrons. The molecule has 0 unspecified atom stereocenters. The van der Waals surface area contributed by atoms with E-state index in [9.17, 15) is 8.78 Å². The molecule has 5 nitrogen and oxygen atoms in total. The van der Waals surface area contributed by atoms with Gasteiger partial charge in [-0.15, -0.1) is 0 Å². The first-order valence-corrected chi connectivity index (χ1v) is 6.70. The van der Waals surface area contributed by atoms with E-state index in [2.05, 4.69) is 10.1 Å². The van der Waals surface area contributed by atoms with Crippen molar-refractivity contribution in [1.29, 1.82) is 0 Å². The molecule has 1 heterocycles. The lowest BCUT2D eigenvalue weighted by Gasteiger charge is -2.03. The Morgan fingerprint density at radius 2 is 2.00 bits per heavy atom. The smallest absolute Gasteiger partial charge is 0.264 e. The van der Waals surface area contributed by atoms with Gasteiger partial charge in [0, 0.05) is 11.6 Å². The summed E-state index contributed by atoms with van der Waals surface area (Å²) in [5.41, 5.74) is 0.715. The minimum Gasteiger partial charge on any atom is -0.497 e. The average Bonchev–Trinajstić information content (AvgIpc) is 3.03. The van der Waals surface area contributed by atoms with E-state index in [1.54, 1.807) is 31.4 Å². The third-order valence-corrected chi connectivity index (χ3v) is 3.04. The van der Waals surface area contributed by atoms with Crippen molar-refractivity contribution in [3.05, 3.63) is 60.0 Å². The number of hydrogen-bond donors (Lipinski definition) is 0. The standard InChI is InChI=1S/C16H12F2N2O3/c1-21-12-4-2-3-10(7-12)16-19-15(23-20-16)9-22-14-6-5-11(17)8-13(14)18/h2-8H,9H2,1H3. The summed E-state index contributed by atoms with van der Waals surface area (Å²) in [6.07, 6.45) is 0. The Kier molecular flexibility index (Phi) is 4.18. The number of methoxy groups -OCH3 is 1. The summed E-state index contributed by atoms with van der Waals surface area (Å²) in [6.45, 7) is -0.125. The van der Waals surface area contributed by atoms with Crippen molar-refractivity contribution in [2.75, 3.05) is 7.11 Å². The van der Waals surface area contributed by atoms with Crippen molar-refractivity contribution in [2.45, 2.75) is 6.61 Å². The quantitative estimate of drug-likeness (QED) is 0.719. The molecule has 0 saturated heterocycles. The number of nitrogens with zero attached hydrogens (tertiary/aromatic N) is 2. The van der Waals surface area contributed by atoms with E-state index in [4.69, 9.17) is 14.0 Å². The summed E-state index contributed by atoms with van der Waals surface area (Å²) in [5.74, 6) is -0.356. The van der Waals surface area contributed by atoms with Gasteiger partial charge in [-0.05, 0) is 24.3 Å². The van der Waals surface area contributed by atoms with Crippen LogP contribution in [0.15, 0.2) is 47.0 Å². The molecule has 118 valence electrons.